The van der Waals surface area contributed by atoms with Gasteiger partial charge in [-0.1, -0.05) is 24.6 Å². The largest absolute Gasteiger partial charge is 0.503 e. The van der Waals surface area contributed by atoms with Gasteiger partial charge in [0.05, 0.1) is 12.1 Å². The predicted octanol–water partition coefficient (Wildman–Crippen LogP) is 2.68. The molecule has 2 aliphatic rings. The minimum absolute atomic E-state index is 0.0805. The van der Waals surface area contributed by atoms with E-state index in [9.17, 15) is 33.4 Å². The number of carbonyl (C=O) groups excluding carboxylic acids is 2. The molecule has 12 heteroatoms. The highest BCUT2D eigenvalue weighted by molar-refractivity contribution is 7.58. The van der Waals surface area contributed by atoms with Crippen LogP contribution in [0, 0.1) is 11.6 Å². The molecule has 0 saturated carbocycles. The van der Waals surface area contributed by atoms with Crippen molar-refractivity contribution in [2.24, 2.45) is 0 Å². The van der Waals surface area contributed by atoms with Crippen molar-refractivity contribution >= 4 is 31.3 Å². The number of aromatic nitrogens is 1. The number of hydrogen-bond acceptors (Lipinski definition) is 5. The second kappa shape index (κ2) is 9.84. The minimum Gasteiger partial charge on any atom is -0.503 e. The lowest BCUT2D eigenvalue weighted by Crippen LogP contribution is -2.53. The smallest absolute Gasteiger partial charge is 0.274 e. The normalized spacial score (nSPS) is 23.3. The maximum atomic E-state index is 14.2. The van der Waals surface area contributed by atoms with Gasteiger partial charge in [0.25, 0.3) is 11.8 Å². The van der Waals surface area contributed by atoms with Gasteiger partial charge in [0.1, 0.15) is 22.2 Å². The lowest BCUT2D eigenvalue weighted by Gasteiger charge is -2.42. The van der Waals surface area contributed by atoms with Gasteiger partial charge in [0, 0.05) is 31.5 Å². The maximum absolute atomic E-state index is 14.2. The average Bonchev–Trinajstić information content (AvgIpc) is 3.12. The summed E-state index contributed by atoms with van der Waals surface area (Å²) >= 11 is 5.58. The first-order chi connectivity index (χ1) is 16.6. The van der Waals surface area contributed by atoms with Gasteiger partial charge in [-0.25, -0.2) is 8.78 Å². The van der Waals surface area contributed by atoms with Crippen molar-refractivity contribution in [1.82, 2.24) is 14.8 Å². The highest BCUT2D eigenvalue weighted by Crippen LogP contribution is 2.54. The lowest BCUT2D eigenvalue weighted by atomic mass is 9.98. The van der Waals surface area contributed by atoms with Gasteiger partial charge in [-0.15, -0.1) is 7.92 Å². The Morgan fingerprint density at radius 3 is 2.71 bits per heavy atom. The Morgan fingerprint density at radius 1 is 1.31 bits per heavy atom. The molecule has 0 aliphatic carbocycles. The van der Waals surface area contributed by atoms with E-state index in [4.69, 9.17) is 11.6 Å². The Hall–Kier alpha value is -2.55. The molecule has 0 radical (unpaired) electrons. The van der Waals surface area contributed by atoms with Crippen molar-refractivity contribution < 1.29 is 28.6 Å². The van der Waals surface area contributed by atoms with Gasteiger partial charge in [-0.2, -0.15) is 0 Å². The highest BCUT2D eigenvalue weighted by atomic mass is 35.5. The summed E-state index contributed by atoms with van der Waals surface area (Å²) in [4.78, 5) is 40.7. The summed E-state index contributed by atoms with van der Waals surface area (Å²) in [5.74, 6) is -4.19. The van der Waals surface area contributed by atoms with Crippen LogP contribution in [0.4, 0.5) is 8.78 Å². The number of hydrogen-bond donors (Lipinski definition) is 3. The number of halogens is 3. The van der Waals surface area contributed by atoms with Crippen LogP contribution in [-0.4, -0.2) is 69.2 Å². The van der Waals surface area contributed by atoms with Crippen LogP contribution in [0.15, 0.2) is 23.1 Å². The van der Waals surface area contributed by atoms with Crippen molar-refractivity contribution in [3.05, 3.63) is 62.0 Å². The number of amides is 2. The van der Waals surface area contributed by atoms with E-state index in [1.54, 1.807) is 4.90 Å². The molecule has 188 valence electrons. The van der Waals surface area contributed by atoms with Crippen molar-refractivity contribution in [2.75, 3.05) is 26.0 Å². The topological polar surface area (TPSA) is 112 Å². The summed E-state index contributed by atoms with van der Waals surface area (Å²) < 4.78 is 29.1. The second-order valence-electron chi connectivity index (χ2n) is 8.81. The first kappa shape index (κ1) is 25.5. The number of fused-ring (bicyclic) bond motifs is 3. The molecular weight excluding hydrogens is 503 g/mol. The number of carbonyl (C=O) groups is 2. The van der Waals surface area contributed by atoms with Gasteiger partial charge in [-0.3, -0.25) is 14.4 Å². The zero-order chi connectivity index (χ0) is 25.6. The number of aliphatic hydroxyl groups is 1. The molecule has 3 N–H and O–H groups in total. The maximum Gasteiger partial charge on any atom is 0.274 e. The number of pyridine rings is 1. The van der Waals surface area contributed by atoms with E-state index < -0.39 is 53.1 Å². The van der Waals surface area contributed by atoms with Crippen LogP contribution in [0.25, 0.3) is 0 Å². The molecule has 3 unspecified atom stereocenters. The van der Waals surface area contributed by atoms with Crippen LogP contribution >= 0.6 is 19.5 Å². The summed E-state index contributed by atoms with van der Waals surface area (Å²) in [6.45, 7) is 3.98. The molecule has 35 heavy (non-hydrogen) atoms. The molecule has 1 saturated heterocycles. The molecular formula is C23H25ClF2N3O5P. The molecule has 2 aliphatic heterocycles. The second-order valence-corrected chi connectivity index (χ2v) is 11.9. The summed E-state index contributed by atoms with van der Waals surface area (Å²) in [5.41, 5.74) is -1.50. The number of nitrogens with one attached hydrogen (secondary N) is 1. The number of rotatable bonds is 6. The van der Waals surface area contributed by atoms with E-state index in [1.165, 1.54) is 10.8 Å². The fourth-order valence-electron chi connectivity index (χ4n) is 4.86. The average molecular weight is 528 g/mol. The molecule has 4 atom stereocenters. The number of nitrogens with zero attached hydrogens (tertiary/aromatic N) is 2. The van der Waals surface area contributed by atoms with Gasteiger partial charge in [-0.05, 0) is 31.0 Å². The monoisotopic (exact) mass is 527 g/mol. The molecule has 8 nitrogen and oxygen atoms in total. The van der Waals surface area contributed by atoms with E-state index in [0.717, 1.165) is 18.3 Å². The first-order valence-electron chi connectivity index (χ1n) is 11.1. The molecule has 2 aromatic rings. The molecule has 0 spiro atoms. The minimum atomic E-state index is -1.02. The Kier molecular flexibility index (Phi) is 7.18. The van der Waals surface area contributed by atoms with E-state index >= 15 is 0 Å². The van der Waals surface area contributed by atoms with Gasteiger partial charge in [0.15, 0.2) is 11.4 Å². The summed E-state index contributed by atoms with van der Waals surface area (Å²) in [6.07, 6.45) is 2.36. The SMILES string of the molecule is C[C@@H]1C2C(CP1C)n1cc(C(=O)NCc3ccc(F)c(Cl)c3F)c(=O)c(O)c1C(=O)N2CCCO. The van der Waals surface area contributed by atoms with Crippen molar-refractivity contribution in [3.63, 3.8) is 0 Å². The van der Waals surface area contributed by atoms with Crippen LogP contribution in [0.5, 0.6) is 5.75 Å². The molecule has 1 fully saturated rings. The highest BCUT2D eigenvalue weighted by Gasteiger charge is 2.49. The summed E-state index contributed by atoms with van der Waals surface area (Å²) in [5, 5.41) is 21.7. The van der Waals surface area contributed by atoms with Crippen molar-refractivity contribution in [3.8, 4) is 5.75 Å². The Labute approximate surface area is 206 Å². The molecule has 0 bridgehead atoms. The zero-order valence-corrected chi connectivity index (χ0v) is 20.7. The predicted molar refractivity (Wildman–Crippen MR) is 128 cm³/mol. The van der Waals surface area contributed by atoms with E-state index in [1.807, 2.05) is 0 Å². The number of aliphatic hydroxyl groups excluding tert-OH is 1. The number of aromatic hydroxyl groups is 1. The fourth-order valence-corrected chi connectivity index (χ4v) is 7.24. The summed E-state index contributed by atoms with van der Waals surface area (Å²) in [6, 6.07) is 1.64. The third-order valence-electron chi connectivity index (χ3n) is 6.81. The standard InChI is InChI=1S/C23H25ClF2N3O5P/c1-11-18-15(10-35(11)2)29-9-13(20(31)21(32)19(29)23(34)28(18)6-3-7-30)22(33)27-8-12-4-5-14(25)16(24)17(12)26/h4-5,9,11,15,18,30,32H,3,6-8,10H2,1-2H3,(H,27,33)/t11-,15?,18?,35?/m1/s1. The third-order valence-corrected chi connectivity index (χ3v) is 9.80. The van der Waals surface area contributed by atoms with Gasteiger partial charge >= 0.3 is 0 Å². The van der Waals surface area contributed by atoms with Crippen molar-refractivity contribution in [1.29, 1.82) is 0 Å². The van der Waals surface area contributed by atoms with E-state index in [-0.39, 0.29) is 48.7 Å². The van der Waals surface area contributed by atoms with Crippen LogP contribution in [0.1, 0.15) is 45.8 Å². The molecule has 2 amide bonds. The zero-order valence-electron chi connectivity index (χ0n) is 19.1. The van der Waals surface area contributed by atoms with Gasteiger partial charge < -0.3 is 25.0 Å². The van der Waals surface area contributed by atoms with Crippen LogP contribution in [-0.2, 0) is 6.54 Å². The van der Waals surface area contributed by atoms with E-state index in [0.29, 0.717) is 6.42 Å². The molecule has 1 aromatic carbocycles. The Bertz CT molecular complexity index is 1260. The Morgan fingerprint density at radius 2 is 2.03 bits per heavy atom. The van der Waals surface area contributed by atoms with Crippen LogP contribution < -0.4 is 10.7 Å². The van der Waals surface area contributed by atoms with Crippen LogP contribution in [0.3, 0.4) is 0 Å². The fraction of sp³-hybridized carbons (Fsp3) is 0.435. The van der Waals surface area contributed by atoms with Crippen LogP contribution in [0.2, 0.25) is 5.02 Å². The molecule has 4 rings (SSSR count). The molecule has 1 aromatic heterocycles. The molecule has 3 heterocycles. The first-order valence-corrected chi connectivity index (χ1v) is 13.5. The van der Waals surface area contributed by atoms with E-state index in [2.05, 4.69) is 18.9 Å². The summed E-state index contributed by atoms with van der Waals surface area (Å²) in [7, 11) is -0.473. The number of benzene rings is 1. The quantitative estimate of drug-likeness (QED) is 0.395. The lowest BCUT2D eigenvalue weighted by molar-refractivity contribution is 0.0528. The van der Waals surface area contributed by atoms with Crippen molar-refractivity contribution in [2.45, 2.75) is 37.6 Å². The Balaban J connectivity index is 1.70. The van der Waals surface area contributed by atoms with Gasteiger partial charge in [0.2, 0.25) is 5.43 Å². The third kappa shape index (κ3) is 4.32.